The van der Waals surface area contributed by atoms with Crippen molar-refractivity contribution in [3.63, 3.8) is 0 Å². The molecule has 0 aliphatic heterocycles. The van der Waals surface area contributed by atoms with Crippen LogP contribution >= 0.6 is 15.9 Å². The van der Waals surface area contributed by atoms with E-state index in [-0.39, 0.29) is 0 Å². The minimum Gasteiger partial charge on any atom is -0.379 e. The maximum atomic E-state index is 4.14. The Morgan fingerprint density at radius 3 is 2.88 bits per heavy atom. The molecule has 3 nitrogen and oxygen atoms in total. The number of hydrogen-bond donors (Lipinski definition) is 1. The summed E-state index contributed by atoms with van der Waals surface area (Å²) < 4.78 is 2.96. The SMILES string of the molecule is Cc1ccc(Br)cc1NCc1ccnn1C. The molecule has 0 saturated carbocycles. The number of halogens is 1. The summed E-state index contributed by atoms with van der Waals surface area (Å²) >= 11 is 3.47. The van der Waals surface area contributed by atoms with E-state index in [9.17, 15) is 0 Å². The van der Waals surface area contributed by atoms with Gasteiger partial charge in [0.25, 0.3) is 0 Å². The molecule has 0 unspecified atom stereocenters. The van der Waals surface area contributed by atoms with E-state index in [1.54, 1.807) is 0 Å². The summed E-state index contributed by atoms with van der Waals surface area (Å²) in [6.07, 6.45) is 1.81. The van der Waals surface area contributed by atoms with E-state index in [2.05, 4.69) is 45.4 Å². The second kappa shape index (κ2) is 4.70. The van der Waals surface area contributed by atoms with Crippen molar-refractivity contribution in [1.82, 2.24) is 9.78 Å². The van der Waals surface area contributed by atoms with Crippen LogP contribution in [0.15, 0.2) is 34.9 Å². The summed E-state index contributed by atoms with van der Waals surface area (Å²) in [7, 11) is 1.95. The summed E-state index contributed by atoms with van der Waals surface area (Å²) in [6, 6.07) is 8.24. The minimum absolute atomic E-state index is 0.786. The van der Waals surface area contributed by atoms with Crippen LogP contribution < -0.4 is 5.32 Å². The van der Waals surface area contributed by atoms with Gasteiger partial charge in [-0.3, -0.25) is 4.68 Å². The van der Waals surface area contributed by atoms with E-state index in [0.29, 0.717) is 0 Å². The van der Waals surface area contributed by atoms with Crippen LogP contribution in [0.5, 0.6) is 0 Å². The van der Waals surface area contributed by atoms with Crippen LogP contribution in [0.1, 0.15) is 11.3 Å². The molecule has 0 saturated heterocycles. The first kappa shape index (κ1) is 11.2. The lowest BCUT2D eigenvalue weighted by Gasteiger charge is -2.10. The molecule has 1 heterocycles. The van der Waals surface area contributed by atoms with E-state index >= 15 is 0 Å². The van der Waals surface area contributed by atoms with Gasteiger partial charge in [0.2, 0.25) is 0 Å². The van der Waals surface area contributed by atoms with E-state index in [1.807, 2.05) is 30.1 Å². The number of aromatic nitrogens is 2. The maximum Gasteiger partial charge on any atom is 0.0571 e. The van der Waals surface area contributed by atoms with Crippen molar-refractivity contribution < 1.29 is 0 Å². The van der Waals surface area contributed by atoms with Crippen molar-refractivity contribution in [3.8, 4) is 0 Å². The van der Waals surface area contributed by atoms with Crippen LogP contribution in [0.4, 0.5) is 5.69 Å². The minimum atomic E-state index is 0.786. The first-order valence-electron chi connectivity index (χ1n) is 5.14. The van der Waals surface area contributed by atoms with Crippen LogP contribution in [0.25, 0.3) is 0 Å². The third kappa shape index (κ3) is 2.44. The molecule has 1 aromatic carbocycles. The van der Waals surface area contributed by atoms with Gasteiger partial charge in [-0.25, -0.2) is 0 Å². The number of rotatable bonds is 3. The van der Waals surface area contributed by atoms with Crippen LogP contribution in [-0.4, -0.2) is 9.78 Å². The van der Waals surface area contributed by atoms with Gasteiger partial charge in [-0.2, -0.15) is 5.10 Å². The maximum absolute atomic E-state index is 4.14. The van der Waals surface area contributed by atoms with Gasteiger partial charge in [-0.1, -0.05) is 22.0 Å². The van der Waals surface area contributed by atoms with Gasteiger partial charge in [0.1, 0.15) is 0 Å². The molecule has 1 N–H and O–H groups in total. The lowest BCUT2D eigenvalue weighted by Crippen LogP contribution is -2.06. The number of aryl methyl sites for hydroxylation is 2. The predicted molar refractivity (Wildman–Crippen MR) is 69.4 cm³/mol. The smallest absolute Gasteiger partial charge is 0.0571 e. The highest BCUT2D eigenvalue weighted by molar-refractivity contribution is 9.10. The van der Waals surface area contributed by atoms with Crippen molar-refractivity contribution in [1.29, 1.82) is 0 Å². The zero-order valence-corrected chi connectivity index (χ0v) is 11.0. The average Bonchev–Trinajstić information content (AvgIpc) is 2.66. The van der Waals surface area contributed by atoms with Gasteiger partial charge in [0, 0.05) is 23.4 Å². The van der Waals surface area contributed by atoms with Gasteiger partial charge in [-0.15, -0.1) is 0 Å². The summed E-state index contributed by atoms with van der Waals surface area (Å²) in [6.45, 7) is 2.88. The van der Waals surface area contributed by atoms with Crippen LogP contribution in [-0.2, 0) is 13.6 Å². The molecule has 0 bridgehead atoms. The Hall–Kier alpha value is -1.29. The Morgan fingerprint density at radius 2 is 2.19 bits per heavy atom. The van der Waals surface area contributed by atoms with Crippen molar-refractivity contribution in [2.24, 2.45) is 7.05 Å². The Bertz CT molecular complexity index is 491. The van der Waals surface area contributed by atoms with Crippen molar-refractivity contribution in [2.75, 3.05) is 5.32 Å². The second-order valence-electron chi connectivity index (χ2n) is 3.76. The summed E-state index contributed by atoms with van der Waals surface area (Å²) in [5.74, 6) is 0. The summed E-state index contributed by atoms with van der Waals surface area (Å²) in [5, 5.41) is 7.54. The zero-order valence-electron chi connectivity index (χ0n) is 9.37. The van der Waals surface area contributed by atoms with Gasteiger partial charge in [0.15, 0.2) is 0 Å². The van der Waals surface area contributed by atoms with Crippen LogP contribution in [0, 0.1) is 6.92 Å². The summed E-state index contributed by atoms with van der Waals surface area (Å²) in [5.41, 5.74) is 3.56. The monoisotopic (exact) mass is 279 g/mol. The molecular formula is C12H14BrN3. The molecule has 84 valence electrons. The van der Waals surface area contributed by atoms with Gasteiger partial charge >= 0.3 is 0 Å². The molecule has 4 heteroatoms. The number of benzene rings is 1. The molecule has 0 radical (unpaired) electrons. The van der Waals surface area contributed by atoms with Gasteiger partial charge < -0.3 is 5.32 Å². The third-order valence-corrected chi connectivity index (χ3v) is 3.08. The molecule has 0 aliphatic carbocycles. The molecule has 2 aromatic rings. The largest absolute Gasteiger partial charge is 0.379 e. The quantitative estimate of drug-likeness (QED) is 0.936. The van der Waals surface area contributed by atoms with E-state index in [4.69, 9.17) is 0 Å². The number of nitrogens with one attached hydrogen (secondary N) is 1. The van der Waals surface area contributed by atoms with E-state index in [0.717, 1.165) is 16.7 Å². The Labute approximate surface area is 104 Å². The molecular weight excluding hydrogens is 266 g/mol. The first-order valence-corrected chi connectivity index (χ1v) is 5.93. The highest BCUT2D eigenvalue weighted by Gasteiger charge is 2.01. The van der Waals surface area contributed by atoms with E-state index < -0.39 is 0 Å². The van der Waals surface area contributed by atoms with Gasteiger partial charge in [0.05, 0.1) is 12.2 Å². The molecule has 16 heavy (non-hydrogen) atoms. The molecule has 0 aliphatic rings. The van der Waals surface area contributed by atoms with Crippen molar-refractivity contribution >= 4 is 21.6 Å². The van der Waals surface area contributed by atoms with Crippen molar-refractivity contribution in [2.45, 2.75) is 13.5 Å². The molecule has 0 amide bonds. The normalized spacial score (nSPS) is 10.4. The number of nitrogens with zero attached hydrogens (tertiary/aromatic N) is 2. The van der Waals surface area contributed by atoms with Crippen molar-refractivity contribution in [3.05, 3.63) is 46.2 Å². The first-order chi connectivity index (χ1) is 7.66. The lowest BCUT2D eigenvalue weighted by atomic mass is 10.2. The lowest BCUT2D eigenvalue weighted by molar-refractivity contribution is 0.720. The van der Waals surface area contributed by atoms with Crippen LogP contribution in [0.3, 0.4) is 0 Å². The molecule has 0 spiro atoms. The Balaban J connectivity index is 2.10. The Morgan fingerprint density at radius 1 is 1.38 bits per heavy atom. The second-order valence-corrected chi connectivity index (χ2v) is 4.67. The highest BCUT2D eigenvalue weighted by Crippen LogP contribution is 2.21. The number of anilines is 1. The molecule has 1 aromatic heterocycles. The highest BCUT2D eigenvalue weighted by atomic mass is 79.9. The molecule has 2 rings (SSSR count). The Kier molecular flexibility index (Phi) is 3.29. The zero-order chi connectivity index (χ0) is 11.5. The van der Waals surface area contributed by atoms with Crippen LogP contribution in [0.2, 0.25) is 0 Å². The predicted octanol–water partition coefficient (Wildman–Crippen LogP) is 3.10. The fourth-order valence-corrected chi connectivity index (χ4v) is 1.91. The van der Waals surface area contributed by atoms with Gasteiger partial charge in [-0.05, 0) is 30.7 Å². The topological polar surface area (TPSA) is 29.9 Å². The summed E-state index contributed by atoms with van der Waals surface area (Å²) in [4.78, 5) is 0. The molecule has 0 atom stereocenters. The fourth-order valence-electron chi connectivity index (χ4n) is 1.55. The third-order valence-electron chi connectivity index (χ3n) is 2.58. The number of hydrogen-bond acceptors (Lipinski definition) is 2. The van der Waals surface area contributed by atoms with E-state index in [1.165, 1.54) is 11.3 Å². The standard InChI is InChI=1S/C12H14BrN3/c1-9-3-4-10(13)7-12(9)14-8-11-5-6-15-16(11)2/h3-7,14H,8H2,1-2H3. The average molecular weight is 280 g/mol. The molecule has 0 fully saturated rings. The fraction of sp³-hybridized carbons (Fsp3) is 0.250.